The molecule has 7 nitrogen and oxygen atoms in total. The average Bonchev–Trinajstić information content (AvgIpc) is 3.24. The summed E-state index contributed by atoms with van der Waals surface area (Å²) in [6.45, 7) is 9.23. The Morgan fingerprint density at radius 2 is 2.05 bits per heavy atom. The Balaban J connectivity index is 1.49. The predicted molar refractivity (Wildman–Crippen MR) is 83.5 cm³/mol. The molecule has 0 radical (unpaired) electrons. The highest BCUT2D eigenvalue weighted by atomic mass is 16.2. The Morgan fingerprint density at radius 1 is 1.27 bits per heavy atom. The van der Waals surface area contributed by atoms with Crippen LogP contribution < -0.4 is 5.32 Å². The third kappa shape index (κ3) is 3.24. The summed E-state index contributed by atoms with van der Waals surface area (Å²) in [4.78, 5) is 18.4. The molecule has 2 aliphatic rings. The van der Waals surface area contributed by atoms with Crippen molar-refractivity contribution in [2.45, 2.75) is 52.2 Å². The molecule has 0 spiro atoms. The maximum atomic E-state index is 12.3. The second-order valence-electron chi connectivity index (χ2n) is 6.21. The molecule has 22 heavy (non-hydrogen) atoms. The molecule has 0 aliphatic carbocycles. The second kappa shape index (κ2) is 6.64. The molecule has 3 rings (SSSR count). The molecule has 2 fully saturated rings. The van der Waals surface area contributed by atoms with Gasteiger partial charge >= 0.3 is 6.03 Å². The lowest BCUT2D eigenvalue weighted by Gasteiger charge is -2.23. The Hall–Kier alpha value is -1.63. The van der Waals surface area contributed by atoms with Crippen molar-refractivity contribution in [3.05, 3.63) is 11.4 Å². The van der Waals surface area contributed by atoms with E-state index in [1.54, 1.807) is 4.80 Å². The van der Waals surface area contributed by atoms with Crippen LogP contribution in [0.4, 0.5) is 4.79 Å². The Bertz CT molecular complexity index is 522. The Morgan fingerprint density at radius 3 is 2.73 bits per heavy atom. The molecule has 0 bridgehead atoms. The third-order valence-electron chi connectivity index (χ3n) is 4.72. The molecule has 1 atom stereocenters. The minimum absolute atomic E-state index is 0.0205. The van der Waals surface area contributed by atoms with Gasteiger partial charge in [0, 0.05) is 19.1 Å². The summed E-state index contributed by atoms with van der Waals surface area (Å²) in [5, 5.41) is 11.7. The van der Waals surface area contributed by atoms with E-state index in [9.17, 15) is 4.79 Å². The molecule has 2 aliphatic heterocycles. The van der Waals surface area contributed by atoms with E-state index >= 15 is 0 Å². The minimum atomic E-state index is 0.0205. The molecule has 1 aromatic heterocycles. The highest BCUT2D eigenvalue weighted by molar-refractivity contribution is 5.74. The number of aryl methyl sites for hydroxylation is 2. The van der Waals surface area contributed by atoms with Gasteiger partial charge in [-0.25, -0.2) is 4.79 Å². The highest BCUT2D eigenvalue weighted by Gasteiger charge is 2.31. The van der Waals surface area contributed by atoms with Gasteiger partial charge in [-0.3, -0.25) is 4.90 Å². The van der Waals surface area contributed by atoms with Gasteiger partial charge in [0.2, 0.25) is 0 Å². The number of urea groups is 1. The first kappa shape index (κ1) is 15.3. The molecule has 1 unspecified atom stereocenters. The standard InChI is InChI=1S/C15H26N6O/c1-3-21-17-12(2)14(18-21)10-16-15(22)20-9-6-13(11-20)19-7-4-5-8-19/h13H,3-11H2,1-2H3,(H,16,22). The summed E-state index contributed by atoms with van der Waals surface area (Å²) < 4.78 is 0. The van der Waals surface area contributed by atoms with Crippen LogP contribution in [0.15, 0.2) is 0 Å². The largest absolute Gasteiger partial charge is 0.332 e. The molecule has 1 aromatic rings. The second-order valence-corrected chi connectivity index (χ2v) is 6.21. The lowest BCUT2D eigenvalue weighted by atomic mass is 10.2. The fraction of sp³-hybridized carbons (Fsp3) is 0.800. The van der Waals surface area contributed by atoms with E-state index in [1.807, 2.05) is 18.7 Å². The van der Waals surface area contributed by atoms with Gasteiger partial charge in [0.25, 0.3) is 0 Å². The van der Waals surface area contributed by atoms with E-state index in [2.05, 4.69) is 20.4 Å². The van der Waals surface area contributed by atoms with Crippen LogP contribution in [0.3, 0.4) is 0 Å². The first-order chi connectivity index (χ1) is 10.7. The first-order valence-electron chi connectivity index (χ1n) is 8.34. The molecule has 7 heteroatoms. The SMILES string of the molecule is CCn1nc(C)c(CNC(=O)N2CCC(N3CCCC3)C2)n1. The van der Waals surface area contributed by atoms with Crippen molar-refractivity contribution in [1.82, 2.24) is 30.1 Å². The lowest BCUT2D eigenvalue weighted by Crippen LogP contribution is -2.41. The van der Waals surface area contributed by atoms with Crippen molar-refractivity contribution >= 4 is 6.03 Å². The molecule has 122 valence electrons. The van der Waals surface area contributed by atoms with E-state index in [4.69, 9.17) is 0 Å². The van der Waals surface area contributed by atoms with Crippen molar-refractivity contribution in [2.75, 3.05) is 26.2 Å². The quantitative estimate of drug-likeness (QED) is 0.901. The van der Waals surface area contributed by atoms with E-state index in [1.165, 1.54) is 25.9 Å². The Kier molecular flexibility index (Phi) is 4.61. The van der Waals surface area contributed by atoms with E-state index in [0.717, 1.165) is 37.4 Å². The van der Waals surface area contributed by atoms with Crippen LogP contribution >= 0.6 is 0 Å². The summed E-state index contributed by atoms with van der Waals surface area (Å²) in [6, 6.07) is 0.572. The topological polar surface area (TPSA) is 66.3 Å². The van der Waals surface area contributed by atoms with Crippen molar-refractivity contribution in [3.63, 3.8) is 0 Å². The van der Waals surface area contributed by atoms with Gasteiger partial charge in [-0.2, -0.15) is 15.0 Å². The number of amides is 2. The fourth-order valence-corrected chi connectivity index (χ4v) is 3.37. The van der Waals surface area contributed by atoms with Gasteiger partial charge < -0.3 is 10.2 Å². The van der Waals surface area contributed by atoms with Crippen molar-refractivity contribution < 1.29 is 4.79 Å². The van der Waals surface area contributed by atoms with Crippen LogP contribution in [0.1, 0.15) is 37.6 Å². The molecular formula is C15H26N6O. The molecular weight excluding hydrogens is 280 g/mol. The maximum Gasteiger partial charge on any atom is 0.317 e. The molecule has 0 aromatic carbocycles. The van der Waals surface area contributed by atoms with Crippen molar-refractivity contribution in [3.8, 4) is 0 Å². The molecule has 2 amide bonds. The zero-order valence-electron chi connectivity index (χ0n) is 13.6. The lowest BCUT2D eigenvalue weighted by molar-refractivity contribution is 0.198. The van der Waals surface area contributed by atoms with E-state index in [-0.39, 0.29) is 6.03 Å². The maximum absolute atomic E-state index is 12.3. The van der Waals surface area contributed by atoms with Crippen LogP contribution in [0.25, 0.3) is 0 Å². The predicted octanol–water partition coefficient (Wildman–Crippen LogP) is 0.986. The van der Waals surface area contributed by atoms with Crippen LogP contribution in [-0.2, 0) is 13.1 Å². The summed E-state index contributed by atoms with van der Waals surface area (Å²) in [5.74, 6) is 0. The number of carbonyl (C=O) groups excluding carboxylic acids is 1. The first-order valence-corrected chi connectivity index (χ1v) is 8.34. The van der Waals surface area contributed by atoms with Gasteiger partial charge in [0.1, 0.15) is 5.69 Å². The smallest absolute Gasteiger partial charge is 0.317 e. The number of nitrogens with zero attached hydrogens (tertiary/aromatic N) is 5. The van der Waals surface area contributed by atoms with Gasteiger partial charge in [0.05, 0.1) is 18.8 Å². The van der Waals surface area contributed by atoms with Crippen molar-refractivity contribution in [1.29, 1.82) is 0 Å². The highest BCUT2D eigenvalue weighted by Crippen LogP contribution is 2.20. The van der Waals surface area contributed by atoms with E-state index in [0.29, 0.717) is 12.6 Å². The zero-order chi connectivity index (χ0) is 15.5. The Labute approximate surface area is 131 Å². The molecule has 3 heterocycles. The number of hydrogen-bond donors (Lipinski definition) is 1. The summed E-state index contributed by atoms with van der Waals surface area (Å²) in [5.41, 5.74) is 1.74. The van der Waals surface area contributed by atoms with Gasteiger partial charge in [-0.1, -0.05) is 0 Å². The number of rotatable bonds is 4. The van der Waals surface area contributed by atoms with Gasteiger partial charge in [0.15, 0.2) is 0 Å². The van der Waals surface area contributed by atoms with Crippen LogP contribution in [0.2, 0.25) is 0 Å². The monoisotopic (exact) mass is 306 g/mol. The molecule has 1 N–H and O–H groups in total. The number of likely N-dealkylation sites (tertiary alicyclic amines) is 2. The third-order valence-corrected chi connectivity index (χ3v) is 4.72. The number of aromatic nitrogens is 3. The number of hydrogen-bond acceptors (Lipinski definition) is 4. The van der Waals surface area contributed by atoms with Gasteiger partial charge in [-0.15, -0.1) is 0 Å². The number of nitrogens with one attached hydrogen (secondary N) is 1. The fourth-order valence-electron chi connectivity index (χ4n) is 3.37. The normalized spacial score (nSPS) is 22.5. The van der Waals surface area contributed by atoms with Crippen LogP contribution in [0, 0.1) is 6.92 Å². The zero-order valence-corrected chi connectivity index (χ0v) is 13.6. The van der Waals surface area contributed by atoms with Gasteiger partial charge in [-0.05, 0) is 46.2 Å². The minimum Gasteiger partial charge on any atom is -0.332 e. The van der Waals surface area contributed by atoms with E-state index < -0.39 is 0 Å². The average molecular weight is 306 g/mol. The summed E-state index contributed by atoms with van der Waals surface area (Å²) in [7, 11) is 0. The molecule has 0 saturated carbocycles. The van der Waals surface area contributed by atoms with Crippen LogP contribution in [0.5, 0.6) is 0 Å². The van der Waals surface area contributed by atoms with Crippen LogP contribution in [-0.4, -0.2) is 63.0 Å². The summed E-state index contributed by atoms with van der Waals surface area (Å²) in [6.07, 6.45) is 3.70. The molecule has 2 saturated heterocycles. The van der Waals surface area contributed by atoms with Crippen molar-refractivity contribution in [2.24, 2.45) is 0 Å². The number of carbonyl (C=O) groups is 1. The summed E-state index contributed by atoms with van der Waals surface area (Å²) >= 11 is 0.